The van der Waals surface area contributed by atoms with Gasteiger partial charge in [-0.3, -0.25) is 9.69 Å². The molecule has 6 heteroatoms. The second-order valence-electron chi connectivity index (χ2n) is 7.69. The maximum absolute atomic E-state index is 13.0. The maximum atomic E-state index is 13.0. The fraction of sp³-hybridized carbons (Fsp3) is 0.458. The molecular weight excluding hydrogens is 380 g/mol. The van der Waals surface area contributed by atoms with E-state index in [0.717, 1.165) is 48.9 Å². The molecule has 0 N–H and O–H groups in total. The normalized spacial score (nSPS) is 15.5. The summed E-state index contributed by atoms with van der Waals surface area (Å²) in [7, 11) is 5.21. The average Bonchev–Trinajstić information content (AvgIpc) is 2.78. The first kappa shape index (κ1) is 22.1. The predicted molar refractivity (Wildman–Crippen MR) is 117 cm³/mol. The van der Waals surface area contributed by atoms with Gasteiger partial charge in [0.1, 0.15) is 11.5 Å². The van der Waals surface area contributed by atoms with Gasteiger partial charge in [-0.2, -0.15) is 0 Å². The Morgan fingerprint density at radius 2 is 1.80 bits per heavy atom. The third kappa shape index (κ3) is 5.52. The van der Waals surface area contributed by atoms with Crippen molar-refractivity contribution in [2.75, 3.05) is 54.1 Å². The molecule has 1 aliphatic heterocycles. The Balaban J connectivity index is 1.72. The topological polar surface area (TPSA) is 51.2 Å². The molecule has 0 bridgehead atoms. The first-order valence-corrected chi connectivity index (χ1v) is 10.3. The van der Waals surface area contributed by atoms with Gasteiger partial charge in [0.05, 0.1) is 39.9 Å². The van der Waals surface area contributed by atoms with Crippen molar-refractivity contribution in [3.8, 4) is 11.5 Å². The minimum atomic E-state index is 0.103. The third-order valence-corrected chi connectivity index (χ3v) is 5.67. The second-order valence-corrected chi connectivity index (χ2v) is 7.69. The van der Waals surface area contributed by atoms with Crippen LogP contribution in [-0.4, -0.2) is 69.8 Å². The van der Waals surface area contributed by atoms with Gasteiger partial charge in [0.25, 0.3) is 0 Å². The number of nitrogens with zero attached hydrogens (tertiary/aromatic N) is 2. The first-order valence-electron chi connectivity index (χ1n) is 10.3. The van der Waals surface area contributed by atoms with Gasteiger partial charge >= 0.3 is 0 Å². The number of carbonyl (C=O) groups is 1. The molecule has 0 spiro atoms. The van der Waals surface area contributed by atoms with Crippen molar-refractivity contribution in [2.45, 2.75) is 19.4 Å². The van der Waals surface area contributed by atoms with Crippen molar-refractivity contribution in [1.29, 1.82) is 0 Å². The Morgan fingerprint density at radius 3 is 2.40 bits per heavy atom. The number of rotatable bonds is 8. The maximum Gasteiger partial charge on any atom is 0.226 e. The van der Waals surface area contributed by atoms with Gasteiger partial charge in [0.2, 0.25) is 5.91 Å². The van der Waals surface area contributed by atoms with Crippen LogP contribution in [0.2, 0.25) is 0 Å². The molecule has 0 saturated carbocycles. The number of aryl methyl sites for hydroxylation is 1. The van der Waals surface area contributed by atoms with Gasteiger partial charge in [-0.15, -0.1) is 0 Å². The molecule has 0 unspecified atom stereocenters. The van der Waals surface area contributed by atoms with Crippen molar-refractivity contribution < 1.29 is 19.0 Å². The van der Waals surface area contributed by atoms with Gasteiger partial charge in [0.15, 0.2) is 0 Å². The molecule has 162 valence electrons. The van der Waals surface area contributed by atoms with E-state index in [4.69, 9.17) is 14.2 Å². The Labute approximate surface area is 179 Å². The lowest BCUT2D eigenvalue weighted by molar-refractivity contribution is -0.130. The van der Waals surface area contributed by atoms with Crippen molar-refractivity contribution in [3.05, 3.63) is 59.2 Å². The molecule has 1 fully saturated rings. The lowest BCUT2D eigenvalue weighted by atomic mass is 10.0. The number of amides is 1. The van der Waals surface area contributed by atoms with Crippen LogP contribution in [0.25, 0.3) is 0 Å². The number of ether oxygens (including phenoxy) is 3. The summed E-state index contributed by atoms with van der Waals surface area (Å²) in [5.74, 6) is 1.77. The standard InChI is InChI=1S/C24H32N2O4/c1-18-15-19(5-10-23(18)29-4)16-24(27)25(2)17-22(26-11-13-30-14-12-26)20-6-8-21(28-3)9-7-20/h5-10,15,22H,11-14,16-17H2,1-4H3/t22-/m0/s1. The summed E-state index contributed by atoms with van der Waals surface area (Å²) in [6, 6.07) is 14.1. The molecule has 3 rings (SSSR count). The van der Waals surface area contributed by atoms with Gasteiger partial charge in [0, 0.05) is 26.7 Å². The summed E-state index contributed by atoms with van der Waals surface area (Å²) in [6.45, 7) is 5.77. The number of morpholine rings is 1. The van der Waals surface area contributed by atoms with Crippen molar-refractivity contribution in [3.63, 3.8) is 0 Å². The molecule has 6 nitrogen and oxygen atoms in total. The van der Waals surface area contributed by atoms with Gasteiger partial charge in [-0.25, -0.2) is 0 Å². The van der Waals surface area contributed by atoms with E-state index in [1.165, 1.54) is 5.56 Å². The molecule has 0 radical (unpaired) electrons. The molecule has 1 saturated heterocycles. The average molecular weight is 413 g/mol. The Hall–Kier alpha value is -2.57. The summed E-state index contributed by atoms with van der Waals surface area (Å²) < 4.78 is 16.1. The monoisotopic (exact) mass is 412 g/mol. The number of carbonyl (C=O) groups excluding carboxylic acids is 1. The van der Waals surface area contributed by atoms with E-state index in [-0.39, 0.29) is 11.9 Å². The molecule has 0 aromatic heterocycles. The first-order chi connectivity index (χ1) is 14.5. The fourth-order valence-corrected chi connectivity index (χ4v) is 3.87. The molecule has 1 aliphatic rings. The predicted octanol–water partition coefficient (Wildman–Crippen LogP) is 3.09. The highest BCUT2D eigenvalue weighted by Crippen LogP contribution is 2.25. The van der Waals surface area contributed by atoms with Crippen LogP contribution in [-0.2, 0) is 16.0 Å². The Morgan fingerprint density at radius 1 is 1.10 bits per heavy atom. The van der Waals surface area contributed by atoms with Crippen molar-refractivity contribution in [1.82, 2.24) is 9.80 Å². The SMILES string of the molecule is COc1ccc([C@H](CN(C)C(=O)Cc2ccc(OC)c(C)c2)N2CCOCC2)cc1. The fourth-order valence-electron chi connectivity index (χ4n) is 3.87. The lowest BCUT2D eigenvalue weighted by Gasteiger charge is -2.37. The second kappa shape index (κ2) is 10.5. The number of methoxy groups -OCH3 is 2. The van der Waals surface area contributed by atoms with Crippen molar-refractivity contribution >= 4 is 5.91 Å². The molecule has 30 heavy (non-hydrogen) atoms. The lowest BCUT2D eigenvalue weighted by Crippen LogP contribution is -2.44. The third-order valence-electron chi connectivity index (χ3n) is 5.67. The smallest absolute Gasteiger partial charge is 0.226 e. The van der Waals surface area contributed by atoms with Crippen LogP contribution in [0.15, 0.2) is 42.5 Å². The van der Waals surface area contributed by atoms with Crippen LogP contribution in [0.1, 0.15) is 22.7 Å². The van der Waals surface area contributed by atoms with Crippen LogP contribution in [0.3, 0.4) is 0 Å². The van der Waals surface area contributed by atoms with Crippen LogP contribution in [0.5, 0.6) is 11.5 Å². The van der Waals surface area contributed by atoms with E-state index in [1.54, 1.807) is 14.2 Å². The van der Waals surface area contributed by atoms with E-state index in [9.17, 15) is 4.79 Å². The quantitative estimate of drug-likeness (QED) is 0.667. The van der Waals surface area contributed by atoms with Crippen LogP contribution < -0.4 is 9.47 Å². The minimum Gasteiger partial charge on any atom is -0.497 e. The van der Waals surface area contributed by atoms with Crippen LogP contribution in [0.4, 0.5) is 0 Å². The van der Waals surface area contributed by atoms with Crippen LogP contribution in [0, 0.1) is 6.92 Å². The zero-order chi connectivity index (χ0) is 21.5. The zero-order valence-corrected chi connectivity index (χ0v) is 18.4. The zero-order valence-electron chi connectivity index (χ0n) is 18.4. The number of hydrogen-bond donors (Lipinski definition) is 0. The Kier molecular flexibility index (Phi) is 7.71. The van der Waals surface area contributed by atoms with Crippen LogP contribution >= 0.6 is 0 Å². The summed E-state index contributed by atoms with van der Waals surface area (Å²) in [5.41, 5.74) is 3.21. The van der Waals surface area contributed by atoms with Crippen molar-refractivity contribution in [2.24, 2.45) is 0 Å². The van der Waals surface area contributed by atoms with E-state index in [2.05, 4.69) is 17.0 Å². The molecule has 1 amide bonds. The molecule has 0 aliphatic carbocycles. The van der Waals surface area contributed by atoms with E-state index < -0.39 is 0 Å². The van der Waals surface area contributed by atoms with E-state index in [1.807, 2.05) is 49.2 Å². The highest BCUT2D eigenvalue weighted by molar-refractivity contribution is 5.78. The highest BCUT2D eigenvalue weighted by Gasteiger charge is 2.25. The summed E-state index contributed by atoms with van der Waals surface area (Å²) in [5, 5.41) is 0. The molecule has 2 aromatic carbocycles. The summed E-state index contributed by atoms with van der Waals surface area (Å²) in [6.07, 6.45) is 0.375. The highest BCUT2D eigenvalue weighted by atomic mass is 16.5. The molecular formula is C24H32N2O4. The molecule has 1 atom stereocenters. The van der Waals surface area contributed by atoms with E-state index in [0.29, 0.717) is 13.0 Å². The van der Waals surface area contributed by atoms with Gasteiger partial charge in [-0.05, 0) is 41.8 Å². The molecule has 1 heterocycles. The summed E-state index contributed by atoms with van der Waals surface area (Å²) in [4.78, 5) is 17.2. The number of benzene rings is 2. The van der Waals surface area contributed by atoms with Gasteiger partial charge < -0.3 is 19.1 Å². The molecule has 2 aromatic rings. The largest absolute Gasteiger partial charge is 0.497 e. The Bertz CT molecular complexity index is 832. The van der Waals surface area contributed by atoms with E-state index >= 15 is 0 Å². The minimum absolute atomic E-state index is 0.103. The summed E-state index contributed by atoms with van der Waals surface area (Å²) >= 11 is 0. The number of likely N-dealkylation sites (N-methyl/N-ethyl adjacent to an activating group) is 1. The number of hydrogen-bond acceptors (Lipinski definition) is 5. The van der Waals surface area contributed by atoms with Gasteiger partial charge in [-0.1, -0.05) is 24.3 Å².